The number of amides is 2. The van der Waals surface area contributed by atoms with E-state index in [1.54, 1.807) is 6.92 Å². The van der Waals surface area contributed by atoms with Gasteiger partial charge >= 0.3 is 6.09 Å². The van der Waals surface area contributed by atoms with Crippen molar-refractivity contribution >= 4 is 17.7 Å². The van der Waals surface area contributed by atoms with E-state index in [4.69, 9.17) is 11.2 Å². The molecule has 2 bridgehead atoms. The first-order valence-corrected chi connectivity index (χ1v) is 12.0. The zero-order valence-corrected chi connectivity index (χ0v) is 19.0. The highest BCUT2D eigenvalue weighted by atomic mass is 16.6. The van der Waals surface area contributed by atoms with Crippen LogP contribution in [0.15, 0.2) is 24.3 Å². The fraction of sp³-hybridized carbons (Fsp3) is 0.615. The molecular weight excluding hydrogens is 402 g/mol. The number of likely N-dealkylation sites (tertiary alicyclic amines) is 1. The second kappa shape index (κ2) is 8.44. The largest absolute Gasteiger partial charge is 0.436 e. The average molecular weight is 436 g/mol. The third-order valence-electron chi connectivity index (χ3n) is 8.43. The second-order valence-electron chi connectivity index (χ2n) is 9.93. The predicted octanol–water partition coefficient (Wildman–Crippen LogP) is 3.54. The van der Waals surface area contributed by atoms with Crippen LogP contribution in [0.5, 0.6) is 0 Å². The SMILES string of the molecule is C#CCOC(=O)N1C2CCC1CC(N1CCC3(CCN(C(C)=O)c4ccccc43)CC1)C2. The van der Waals surface area contributed by atoms with Crippen molar-refractivity contribution in [3.63, 3.8) is 0 Å². The number of carbonyl (C=O) groups excluding carboxylic acids is 2. The number of nitrogens with zero attached hydrogens (tertiary/aromatic N) is 3. The number of hydrogen-bond donors (Lipinski definition) is 0. The zero-order valence-electron chi connectivity index (χ0n) is 19.0. The van der Waals surface area contributed by atoms with Crippen molar-refractivity contribution in [3.05, 3.63) is 29.8 Å². The van der Waals surface area contributed by atoms with Gasteiger partial charge in [-0.1, -0.05) is 24.1 Å². The molecule has 1 aromatic carbocycles. The predicted molar refractivity (Wildman–Crippen MR) is 123 cm³/mol. The van der Waals surface area contributed by atoms with E-state index < -0.39 is 0 Å². The van der Waals surface area contributed by atoms with Gasteiger partial charge in [0.25, 0.3) is 0 Å². The standard InChI is InChI=1S/C26H33N3O3/c1-3-16-32-25(31)29-20-8-9-21(29)18-22(17-20)27-13-10-26(11-14-27)12-15-28(19(2)30)24-7-5-4-6-23(24)26/h1,4-7,20-22H,8-18H2,2H3. The molecule has 32 heavy (non-hydrogen) atoms. The van der Waals surface area contributed by atoms with Crippen molar-refractivity contribution in [2.24, 2.45) is 0 Å². The lowest BCUT2D eigenvalue weighted by molar-refractivity contribution is -0.116. The highest BCUT2D eigenvalue weighted by Gasteiger charge is 2.48. The molecule has 0 radical (unpaired) electrons. The lowest BCUT2D eigenvalue weighted by Crippen LogP contribution is -2.56. The Bertz CT molecular complexity index is 916. The maximum Gasteiger partial charge on any atom is 0.411 e. The molecular formula is C26H33N3O3. The minimum atomic E-state index is -0.236. The topological polar surface area (TPSA) is 53.1 Å². The normalized spacial score (nSPS) is 28.8. The number of hydrogen-bond acceptors (Lipinski definition) is 4. The summed E-state index contributed by atoms with van der Waals surface area (Å²) >= 11 is 0. The van der Waals surface area contributed by atoms with E-state index in [2.05, 4.69) is 29.0 Å². The molecule has 4 aliphatic heterocycles. The Kier molecular flexibility index (Phi) is 5.63. The van der Waals surface area contributed by atoms with Crippen molar-refractivity contribution in [2.75, 3.05) is 31.1 Å². The Labute approximate surface area is 190 Å². The molecule has 2 atom stereocenters. The number of piperidine rings is 2. The van der Waals surface area contributed by atoms with Gasteiger partial charge in [0.1, 0.15) is 0 Å². The summed E-state index contributed by atoms with van der Waals surface area (Å²) < 4.78 is 5.24. The van der Waals surface area contributed by atoms with Crippen LogP contribution >= 0.6 is 0 Å². The average Bonchev–Trinajstić information content (AvgIpc) is 3.07. The van der Waals surface area contributed by atoms with E-state index in [1.807, 2.05) is 15.9 Å². The van der Waals surface area contributed by atoms with Crippen LogP contribution < -0.4 is 4.90 Å². The van der Waals surface area contributed by atoms with Crippen molar-refractivity contribution in [2.45, 2.75) is 75.4 Å². The molecule has 3 fully saturated rings. The second-order valence-corrected chi connectivity index (χ2v) is 9.93. The quantitative estimate of drug-likeness (QED) is 0.667. The third kappa shape index (κ3) is 3.57. The van der Waals surface area contributed by atoms with Crippen LogP contribution in [0.4, 0.5) is 10.5 Å². The van der Waals surface area contributed by atoms with E-state index in [0.717, 1.165) is 70.3 Å². The van der Waals surface area contributed by atoms with Gasteiger partial charge < -0.3 is 19.4 Å². The van der Waals surface area contributed by atoms with Crippen molar-refractivity contribution in [1.29, 1.82) is 0 Å². The van der Waals surface area contributed by atoms with Crippen LogP contribution in [0.3, 0.4) is 0 Å². The van der Waals surface area contributed by atoms with Gasteiger partial charge in [-0.2, -0.15) is 0 Å². The molecule has 0 saturated carbocycles. The van der Waals surface area contributed by atoms with Gasteiger partial charge in [0.15, 0.2) is 6.61 Å². The summed E-state index contributed by atoms with van der Waals surface area (Å²) in [5, 5.41) is 0. The van der Waals surface area contributed by atoms with Gasteiger partial charge in [-0.15, -0.1) is 6.42 Å². The van der Waals surface area contributed by atoms with Crippen LogP contribution in [-0.2, 0) is 14.9 Å². The number of benzene rings is 1. The smallest absolute Gasteiger partial charge is 0.411 e. The van der Waals surface area contributed by atoms with Crippen LogP contribution in [-0.4, -0.2) is 66.2 Å². The zero-order chi connectivity index (χ0) is 22.3. The number of ether oxygens (including phenoxy) is 1. The lowest BCUT2D eigenvalue weighted by Gasteiger charge is -2.50. The Balaban J connectivity index is 1.25. The molecule has 6 nitrogen and oxygen atoms in total. The van der Waals surface area contributed by atoms with Gasteiger partial charge in [0.2, 0.25) is 5.91 Å². The van der Waals surface area contributed by atoms with Crippen LogP contribution in [0, 0.1) is 12.3 Å². The molecule has 2 unspecified atom stereocenters. The molecule has 6 heteroatoms. The molecule has 0 N–H and O–H groups in total. The minimum Gasteiger partial charge on any atom is -0.436 e. The van der Waals surface area contributed by atoms with Gasteiger partial charge in [0.05, 0.1) is 0 Å². The van der Waals surface area contributed by atoms with Gasteiger partial charge in [-0.05, 0) is 69.7 Å². The van der Waals surface area contributed by atoms with Crippen LogP contribution in [0.25, 0.3) is 0 Å². The van der Waals surface area contributed by atoms with E-state index in [-0.39, 0.29) is 36.1 Å². The van der Waals surface area contributed by atoms with Gasteiger partial charge in [-0.3, -0.25) is 4.79 Å². The van der Waals surface area contributed by atoms with E-state index in [1.165, 1.54) is 5.56 Å². The van der Waals surface area contributed by atoms with Crippen LogP contribution in [0.1, 0.15) is 57.4 Å². The fourth-order valence-corrected chi connectivity index (χ4v) is 6.82. The molecule has 5 rings (SSSR count). The highest BCUT2D eigenvalue weighted by Crippen LogP contribution is 2.48. The molecule has 1 spiro atoms. The molecule has 3 saturated heterocycles. The Morgan fingerprint density at radius 1 is 1.06 bits per heavy atom. The molecule has 0 aliphatic carbocycles. The third-order valence-corrected chi connectivity index (χ3v) is 8.43. The summed E-state index contributed by atoms with van der Waals surface area (Å²) in [5.41, 5.74) is 2.64. The Morgan fingerprint density at radius 3 is 2.38 bits per heavy atom. The number of rotatable bonds is 2. The van der Waals surface area contributed by atoms with Crippen LogP contribution in [0.2, 0.25) is 0 Å². The fourth-order valence-electron chi connectivity index (χ4n) is 6.82. The van der Waals surface area contributed by atoms with E-state index >= 15 is 0 Å². The summed E-state index contributed by atoms with van der Waals surface area (Å²) in [6.45, 7) is 4.70. The molecule has 0 aromatic heterocycles. The number of terminal acetylenes is 1. The van der Waals surface area contributed by atoms with Crippen molar-refractivity contribution < 1.29 is 14.3 Å². The summed E-state index contributed by atoms with van der Waals surface area (Å²) in [6, 6.07) is 9.59. The summed E-state index contributed by atoms with van der Waals surface area (Å²) in [4.78, 5) is 31.2. The summed E-state index contributed by atoms with van der Waals surface area (Å²) in [6.07, 6.45) is 12.5. The Morgan fingerprint density at radius 2 is 1.72 bits per heavy atom. The molecule has 4 heterocycles. The number of fused-ring (bicyclic) bond motifs is 4. The summed E-state index contributed by atoms with van der Waals surface area (Å²) in [7, 11) is 0. The van der Waals surface area contributed by atoms with Crippen molar-refractivity contribution in [3.8, 4) is 12.3 Å². The van der Waals surface area contributed by atoms with Gasteiger partial charge in [0, 0.05) is 42.7 Å². The van der Waals surface area contributed by atoms with Gasteiger partial charge in [-0.25, -0.2) is 4.79 Å². The minimum absolute atomic E-state index is 0.0505. The maximum absolute atomic E-state index is 12.5. The highest BCUT2D eigenvalue weighted by molar-refractivity contribution is 5.93. The number of carbonyl (C=O) groups is 2. The maximum atomic E-state index is 12.5. The number of para-hydroxylation sites is 1. The first-order chi connectivity index (χ1) is 15.5. The lowest BCUT2D eigenvalue weighted by atomic mass is 9.67. The monoisotopic (exact) mass is 435 g/mol. The van der Waals surface area contributed by atoms with Crippen molar-refractivity contribution in [1.82, 2.24) is 9.80 Å². The molecule has 170 valence electrons. The first-order valence-electron chi connectivity index (χ1n) is 12.0. The summed E-state index contributed by atoms with van der Waals surface area (Å²) in [5.74, 6) is 2.52. The first kappa shape index (κ1) is 21.3. The molecule has 2 amide bonds. The molecule has 4 aliphatic rings. The number of anilines is 1. The Hall–Kier alpha value is -2.52. The van der Waals surface area contributed by atoms with E-state index in [9.17, 15) is 9.59 Å². The molecule has 1 aromatic rings. The van der Waals surface area contributed by atoms with E-state index in [0.29, 0.717) is 6.04 Å².